The lowest BCUT2D eigenvalue weighted by Gasteiger charge is -2.29. The van der Waals surface area contributed by atoms with Gasteiger partial charge >= 0.3 is 12.2 Å². The summed E-state index contributed by atoms with van der Waals surface area (Å²) in [6.07, 6.45) is -4.51. The molecule has 0 spiro atoms. The van der Waals surface area contributed by atoms with Crippen LogP contribution in [-0.2, 0) is 11.3 Å². The van der Waals surface area contributed by atoms with E-state index in [2.05, 4.69) is 0 Å². The first kappa shape index (κ1) is 20.2. The molecule has 8 nitrogen and oxygen atoms in total. The van der Waals surface area contributed by atoms with Crippen molar-refractivity contribution in [2.24, 2.45) is 0 Å². The molecular formula is C17H23F3N4O4+2. The van der Waals surface area contributed by atoms with E-state index in [4.69, 9.17) is 9.47 Å². The lowest BCUT2D eigenvalue weighted by molar-refractivity contribution is -1.02. The summed E-state index contributed by atoms with van der Waals surface area (Å²) >= 11 is 0. The Morgan fingerprint density at radius 2 is 1.71 bits per heavy atom. The van der Waals surface area contributed by atoms with Gasteiger partial charge < -0.3 is 24.6 Å². The van der Waals surface area contributed by atoms with Gasteiger partial charge in [0, 0.05) is 5.56 Å². The third kappa shape index (κ3) is 5.99. The molecular weight excluding hydrogens is 381 g/mol. The number of rotatable bonds is 5. The van der Waals surface area contributed by atoms with Gasteiger partial charge in [0.2, 0.25) is 6.79 Å². The molecule has 2 heterocycles. The zero-order valence-corrected chi connectivity index (χ0v) is 15.2. The molecule has 0 radical (unpaired) electrons. The molecule has 11 heteroatoms. The highest BCUT2D eigenvalue weighted by molar-refractivity contribution is 5.94. The van der Waals surface area contributed by atoms with Crippen LogP contribution in [0.2, 0.25) is 0 Å². The summed E-state index contributed by atoms with van der Waals surface area (Å²) in [5.41, 5.74) is 1.14. The maximum atomic E-state index is 12.0. The molecule has 0 atom stereocenters. The van der Waals surface area contributed by atoms with E-state index >= 15 is 0 Å². The quantitative estimate of drug-likeness (QED) is 0.462. The predicted molar refractivity (Wildman–Crippen MR) is 90.1 cm³/mol. The molecule has 3 rings (SSSR count). The van der Waals surface area contributed by atoms with Gasteiger partial charge in [-0.2, -0.15) is 13.2 Å². The van der Waals surface area contributed by atoms with Crippen molar-refractivity contribution in [3.05, 3.63) is 23.8 Å². The summed E-state index contributed by atoms with van der Waals surface area (Å²) in [7, 11) is 0. The van der Waals surface area contributed by atoms with Crippen molar-refractivity contribution in [3.63, 3.8) is 0 Å². The van der Waals surface area contributed by atoms with Crippen LogP contribution < -0.4 is 29.9 Å². The number of hydrogen-bond acceptors (Lipinski definition) is 4. The van der Waals surface area contributed by atoms with Gasteiger partial charge in [-0.1, -0.05) is 0 Å². The molecule has 2 aliphatic rings. The van der Waals surface area contributed by atoms with E-state index in [0.717, 1.165) is 54.7 Å². The maximum Gasteiger partial charge on any atom is 0.405 e. The van der Waals surface area contributed by atoms with Gasteiger partial charge in [-0.3, -0.25) is 10.1 Å². The molecule has 28 heavy (non-hydrogen) atoms. The van der Waals surface area contributed by atoms with Crippen LogP contribution in [0.1, 0.15) is 5.56 Å². The number of fused-ring (bicyclic) bond motifs is 1. The summed E-state index contributed by atoms with van der Waals surface area (Å²) < 4.78 is 46.8. The van der Waals surface area contributed by atoms with Crippen LogP contribution in [-0.4, -0.2) is 64.2 Å². The number of carbonyl (C=O) groups excluding carboxylic acids is 2. The van der Waals surface area contributed by atoms with Crippen molar-refractivity contribution in [1.29, 1.82) is 0 Å². The standard InChI is InChI=1S/C17H21F3N4O4/c18-17(19,20)10-21-16(26)22-15(25)9-24-5-3-23(4-6-24)8-12-1-2-13-14(7-12)28-11-27-13/h1-2,7H,3-6,8-11H2,(H2,21,22,25,26)/p+2. The van der Waals surface area contributed by atoms with E-state index in [1.54, 1.807) is 5.32 Å². The smallest absolute Gasteiger partial charge is 0.405 e. The van der Waals surface area contributed by atoms with Crippen molar-refractivity contribution in [2.75, 3.05) is 46.1 Å². The largest absolute Gasteiger partial charge is 0.454 e. The molecule has 1 aromatic rings. The Labute approximate surface area is 159 Å². The fourth-order valence-corrected chi connectivity index (χ4v) is 3.27. The first-order valence-corrected chi connectivity index (χ1v) is 8.98. The number of alkyl halides is 3. The predicted octanol–water partition coefficient (Wildman–Crippen LogP) is -1.91. The van der Waals surface area contributed by atoms with Gasteiger partial charge in [0.15, 0.2) is 18.0 Å². The van der Waals surface area contributed by atoms with Gasteiger partial charge in [-0.05, 0) is 18.2 Å². The number of nitrogens with one attached hydrogen (secondary N) is 4. The zero-order chi connectivity index (χ0) is 20.1. The number of piperazine rings is 1. The molecule has 0 saturated carbocycles. The number of ether oxygens (including phenoxy) is 2. The van der Waals surface area contributed by atoms with Gasteiger partial charge in [-0.25, -0.2) is 4.79 Å². The van der Waals surface area contributed by atoms with Crippen LogP contribution in [0, 0.1) is 0 Å². The van der Waals surface area contributed by atoms with Crippen LogP contribution in [0.15, 0.2) is 18.2 Å². The van der Waals surface area contributed by atoms with E-state index in [9.17, 15) is 22.8 Å². The minimum Gasteiger partial charge on any atom is -0.454 e. The molecule has 0 aromatic heterocycles. The topological polar surface area (TPSA) is 85.5 Å². The molecule has 3 amide bonds. The highest BCUT2D eigenvalue weighted by Crippen LogP contribution is 2.32. The van der Waals surface area contributed by atoms with E-state index in [-0.39, 0.29) is 13.3 Å². The van der Waals surface area contributed by atoms with Crippen molar-refractivity contribution in [2.45, 2.75) is 12.7 Å². The Bertz CT molecular complexity index is 721. The van der Waals surface area contributed by atoms with Crippen LogP contribution in [0.4, 0.5) is 18.0 Å². The van der Waals surface area contributed by atoms with Gasteiger partial charge in [0.25, 0.3) is 5.91 Å². The highest BCUT2D eigenvalue weighted by atomic mass is 19.4. The monoisotopic (exact) mass is 404 g/mol. The zero-order valence-electron chi connectivity index (χ0n) is 15.2. The number of halogens is 3. The molecule has 1 saturated heterocycles. The van der Waals surface area contributed by atoms with E-state index < -0.39 is 24.7 Å². The second-order valence-corrected chi connectivity index (χ2v) is 6.89. The number of hydrogen-bond donors (Lipinski definition) is 4. The number of imide groups is 1. The molecule has 4 N–H and O–H groups in total. The number of amides is 3. The van der Waals surface area contributed by atoms with Gasteiger partial charge in [0.1, 0.15) is 39.3 Å². The third-order valence-electron chi connectivity index (χ3n) is 4.67. The van der Waals surface area contributed by atoms with Crippen LogP contribution in [0.3, 0.4) is 0 Å². The third-order valence-corrected chi connectivity index (χ3v) is 4.67. The minimum absolute atomic E-state index is 0.0523. The summed E-state index contributed by atoms with van der Waals surface area (Å²) in [5.74, 6) is 0.911. The molecule has 2 aliphatic heterocycles. The Morgan fingerprint density at radius 1 is 1.04 bits per heavy atom. The summed E-state index contributed by atoms with van der Waals surface area (Å²) in [6, 6.07) is 4.75. The second-order valence-electron chi connectivity index (χ2n) is 6.89. The van der Waals surface area contributed by atoms with E-state index in [1.165, 1.54) is 4.90 Å². The molecule has 154 valence electrons. The fraction of sp³-hybridized carbons (Fsp3) is 0.529. The average molecular weight is 404 g/mol. The van der Waals surface area contributed by atoms with Crippen molar-refractivity contribution in [3.8, 4) is 11.5 Å². The maximum absolute atomic E-state index is 12.0. The Hall–Kier alpha value is -2.53. The summed E-state index contributed by atoms with van der Waals surface area (Å²) in [4.78, 5) is 25.5. The minimum atomic E-state index is -4.51. The molecule has 1 aromatic carbocycles. The van der Waals surface area contributed by atoms with Crippen LogP contribution in [0.25, 0.3) is 0 Å². The first-order valence-electron chi connectivity index (χ1n) is 8.98. The van der Waals surface area contributed by atoms with Crippen molar-refractivity contribution < 1.29 is 42.0 Å². The lowest BCUT2D eigenvalue weighted by atomic mass is 10.1. The number of urea groups is 1. The van der Waals surface area contributed by atoms with Gasteiger partial charge in [-0.15, -0.1) is 0 Å². The number of benzene rings is 1. The molecule has 0 bridgehead atoms. The normalized spacial score (nSPS) is 21.2. The Balaban J connectivity index is 1.37. The van der Waals surface area contributed by atoms with Crippen molar-refractivity contribution >= 4 is 11.9 Å². The summed E-state index contributed by atoms with van der Waals surface area (Å²) in [6.45, 7) is 2.81. The van der Waals surface area contributed by atoms with Crippen LogP contribution >= 0.6 is 0 Å². The Morgan fingerprint density at radius 3 is 2.43 bits per heavy atom. The number of quaternary nitrogens is 2. The molecule has 0 aliphatic carbocycles. The first-order chi connectivity index (χ1) is 13.3. The second kappa shape index (κ2) is 8.65. The van der Waals surface area contributed by atoms with E-state index in [0.29, 0.717) is 0 Å². The highest BCUT2D eigenvalue weighted by Gasteiger charge is 2.29. The SMILES string of the molecule is O=C(C[NH+]1CC[NH+](Cc2ccc3c(c2)OCO3)CC1)NC(=O)NCC(F)(F)F. The molecule has 0 unspecified atom stereocenters. The van der Waals surface area contributed by atoms with E-state index in [1.807, 2.05) is 23.5 Å². The fourth-order valence-electron chi connectivity index (χ4n) is 3.27. The average Bonchev–Trinajstić information content (AvgIpc) is 3.09. The number of carbonyl (C=O) groups is 2. The molecule has 1 fully saturated rings. The van der Waals surface area contributed by atoms with Gasteiger partial charge in [0.05, 0.1) is 0 Å². The van der Waals surface area contributed by atoms with Crippen molar-refractivity contribution in [1.82, 2.24) is 10.6 Å². The van der Waals surface area contributed by atoms with Crippen LogP contribution in [0.5, 0.6) is 11.5 Å². The lowest BCUT2D eigenvalue weighted by Crippen LogP contribution is -3.28. The Kier molecular flexibility index (Phi) is 6.25. The summed E-state index contributed by atoms with van der Waals surface area (Å²) in [5, 5.41) is 3.55.